The molecular formula is C17H22N4O2S. The maximum atomic E-state index is 12.8. The number of thioether (sulfide) groups is 1. The minimum Gasteiger partial charge on any atom is -0.309 e. The molecule has 0 radical (unpaired) electrons. The molecule has 0 unspecified atom stereocenters. The average molecular weight is 346 g/mol. The second kappa shape index (κ2) is 7.25. The van der Waals surface area contributed by atoms with E-state index < -0.39 is 0 Å². The number of benzene rings is 1. The van der Waals surface area contributed by atoms with Crippen LogP contribution < -0.4 is 10.6 Å². The first-order valence-corrected chi connectivity index (χ1v) is 9.28. The van der Waals surface area contributed by atoms with Crippen molar-refractivity contribution in [2.75, 3.05) is 10.7 Å². The Labute approximate surface area is 145 Å². The van der Waals surface area contributed by atoms with Crippen LogP contribution >= 0.6 is 11.8 Å². The van der Waals surface area contributed by atoms with Crippen LogP contribution in [0.25, 0.3) is 0 Å². The van der Waals surface area contributed by atoms with E-state index in [1.165, 1.54) is 17.3 Å². The quantitative estimate of drug-likeness (QED) is 0.844. The summed E-state index contributed by atoms with van der Waals surface area (Å²) < 4.78 is 1.59. The molecule has 6 nitrogen and oxygen atoms in total. The van der Waals surface area contributed by atoms with E-state index in [0.717, 1.165) is 24.9 Å². The number of anilines is 1. The van der Waals surface area contributed by atoms with Crippen LogP contribution in [0.15, 0.2) is 34.2 Å². The van der Waals surface area contributed by atoms with E-state index in [-0.39, 0.29) is 23.4 Å². The number of amides is 1. The standard InChI is InChI=1S/C17H22N4O2S/c1-3-10-20-16(23)18-19-17(20)24-11-15(22)21-12(2)8-9-13-6-4-5-7-14(13)21/h4-7,12H,3,8-11H2,1-2H3,(H,18,23)/t12-/m0/s1. The predicted octanol–water partition coefficient (Wildman–Crippen LogP) is 2.44. The Kier molecular flexibility index (Phi) is 5.08. The molecule has 0 fully saturated rings. The fourth-order valence-corrected chi connectivity index (χ4v) is 3.93. The highest BCUT2D eigenvalue weighted by Gasteiger charge is 2.28. The highest BCUT2D eigenvalue weighted by Crippen LogP contribution is 2.31. The summed E-state index contributed by atoms with van der Waals surface area (Å²) >= 11 is 1.32. The first-order valence-electron chi connectivity index (χ1n) is 8.29. The van der Waals surface area contributed by atoms with Gasteiger partial charge in [0.05, 0.1) is 5.75 Å². The van der Waals surface area contributed by atoms with Gasteiger partial charge >= 0.3 is 5.69 Å². The third kappa shape index (κ3) is 3.26. The topological polar surface area (TPSA) is 71.0 Å². The number of fused-ring (bicyclic) bond motifs is 1. The van der Waals surface area contributed by atoms with Gasteiger partial charge in [0.2, 0.25) is 5.91 Å². The number of aromatic nitrogens is 3. The molecule has 128 valence electrons. The van der Waals surface area contributed by atoms with Crippen molar-refractivity contribution in [3.8, 4) is 0 Å². The molecule has 1 atom stereocenters. The Balaban J connectivity index is 1.75. The zero-order valence-electron chi connectivity index (χ0n) is 14.0. The molecule has 0 aliphatic carbocycles. The number of H-pyrrole nitrogens is 1. The van der Waals surface area contributed by atoms with Gasteiger partial charge in [-0.2, -0.15) is 0 Å². The molecule has 0 bridgehead atoms. The molecule has 3 rings (SSSR count). The second-order valence-corrected chi connectivity index (χ2v) is 6.97. The number of para-hydroxylation sites is 1. The molecule has 0 saturated heterocycles. The first-order chi connectivity index (χ1) is 11.6. The number of hydrogen-bond acceptors (Lipinski definition) is 4. The smallest absolute Gasteiger partial charge is 0.309 e. The summed E-state index contributed by atoms with van der Waals surface area (Å²) in [7, 11) is 0. The van der Waals surface area contributed by atoms with Gasteiger partial charge in [-0.25, -0.2) is 9.89 Å². The number of carbonyl (C=O) groups is 1. The van der Waals surface area contributed by atoms with Crippen molar-refractivity contribution < 1.29 is 4.79 Å². The molecule has 0 spiro atoms. The molecule has 1 aromatic heterocycles. The Morgan fingerprint density at radius 1 is 1.42 bits per heavy atom. The lowest BCUT2D eigenvalue weighted by Crippen LogP contribution is -2.43. The van der Waals surface area contributed by atoms with E-state index >= 15 is 0 Å². The van der Waals surface area contributed by atoms with Gasteiger partial charge in [0.15, 0.2) is 5.16 Å². The van der Waals surface area contributed by atoms with E-state index in [1.807, 2.05) is 30.0 Å². The maximum Gasteiger partial charge on any atom is 0.343 e. The van der Waals surface area contributed by atoms with Crippen LogP contribution in [-0.2, 0) is 17.8 Å². The van der Waals surface area contributed by atoms with Crippen LogP contribution in [0.5, 0.6) is 0 Å². The Morgan fingerprint density at radius 2 is 2.21 bits per heavy atom. The Bertz CT molecular complexity index is 783. The average Bonchev–Trinajstić information content (AvgIpc) is 2.93. The van der Waals surface area contributed by atoms with Crippen molar-refractivity contribution in [3.63, 3.8) is 0 Å². The van der Waals surface area contributed by atoms with Gasteiger partial charge in [-0.15, -0.1) is 5.10 Å². The molecule has 1 N–H and O–H groups in total. The molecule has 1 aliphatic heterocycles. The predicted molar refractivity (Wildman–Crippen MR) is 95.6 cm³/mol. The molecule has 24 heavy (non-hydrogen) atoms. The number of aryl methyl sites for hydroxylation is 1. The summed E-state index contributed by atoms with van der Waals surface area (Å²) in [6, 6.07) is 8.26. The van der Waals surface area contributed by atoms with Crippen molar-refractivity contribution in [2.45, 2.75) is 50.9 Å². The number of carbonyl (C=O) groups excluding carboxylic acids is 1. The van der Waals surface area contributed by atoms with Gasteiger partial charge in [0, 0.05) is 18.3 Å². The molecule has 2 heterocycles. The molecule has 1 aromatic carbocycles. The molecule has 2 aromatic rings. The lowest BCUT2D eigenvalue weighted by molar-refractivity contribution is -0.116. The lowest BCUT2D eigenvalue weighted by Gasteiger charge is -2.35. The van der Waals surface area contributed by atoms with E-state index in [4.69, 9.17) is 0 Å². The van der Waals surface area contributed by atoms with Gasteiger partial charge in [-0.1, -0.05) is 36.9 Å². The van der Waals surface area contributed by atoms with E-state index in [2.05, 4.69) is 23.2 Å². The fraction of sp³-hybridized carbons (Fsp3) is 0.471. The highest BCUT2D eigenvalue weighted by atomic mass is 32.2. The van der Waals surface area contributed by atoms with Crippen molar-refractivity contribution in [1.29, 1.82) is 0 Å². The number of nitrogens with zero attached hydrogens (tertiary/aromatic N) is 3. The number of hydrogen-bond donors (Lipinski definition) is 1. The second-order valence-electron chi connectivity index (χ2n) is 6.03. The van der Waals surface area contributed by atoms with Crippen LogP contribution in [0.2, 0.25) is 0 Å². The summed E-state index contributed by atoms with van der Waals surface area (Å²) in [5.41, 5.74) is 2.01. The van der Waals surface area contributed by atoms with E-state index in [0.29, 0.717) is 11.7 Å². The molecule has 1 amide bonds. The van der Waals surface area contributed by atoms with Gasteiger partial charge in [0.1, 0.15) is 0 Å². The molecule has 7 heteroatoms. The first kappa shape index (κ1) is 16.8. The normalized spacial score (nSPS) is 16.9. The third-order valence-corrected chi connectivity index (χ3v) is 5.25. The van der Waals surface area contributed by atoms with E-state index in [9.17, 15) is 9.59 Å². The number of nitrogens with one attached hydrogen (secondary N) is 1. The van der Waals surface area contributed by atoms with Crippen LogP contribution in [0.3, 0.4) is 0 Å². The number of aromatic amines is 1. The van der Waals surface area contributed by atoms with Gasteiger partial charge in [-0.3, -0.25) is 9.36 Å². The monoisotopic (exact) mass is 346 g/mol. The number of rotatable bonds is 5. The molecule has 1 aliphatic rings. The Morgan fingerprint density at radius 3 is 3.00 bits per heavy atom. The highest BCUT2D eigenvalue weighted by molar-refractivity contribution is 7.99. The van der Waals surface area contributed by atoms with Crippen LogP contribution in [0.4, 0.5) is 5.69 Å². The van der Waals surface area contributed by atoms with Gasteiger partial charge in [-0.05, 0) is 37.8 Å². The Hall–Kier alpha value is -2.02. The summed E-state index contributed by atoms with van der Waals surface area (Å²) in [5.74, 6) is 0.324. The van der Waals surface area contributed by atoms with E-state index in [1.54, 1.807) is 4.57 Å². The van der Waals surface area contributed by atoms with Crippen LogP contribution in [0, 0.1) is 0 Å². The zero-order valence-corrected chi connectivity index (χ0v) is 14.8. The van der Waals surface area contributed by atoms with Crippen molar-refractivity contribution in [3.05, 3.63) is 40.3 Å². The lowest BCUT2D eigenvalue weighted by atomic mass is 9.97. The summed E-state index contributed by atoms with van der Waals surface area (Å²) in [6.07, 6.45) is 2.82. The molecule has 0 saturated carbocycles. The van der Waals surface area contributed by atoms with Gasteiger partial charge in [0.25, 0.3) is 0 Å². The minimum atomic E-state index is -0.219. The summed E-state index contributed by atoms with van der Waals surface area (Å²) in [4.78, 5) is 26.4. The van der Waals surface area contributed by atoms with Crippen LogP contribution in [0.1, 0.15) is 32.3 Å². The summed E-state index contributed by atoms with van der Waals surface area (Å²) in [5, 5.41) is 7.07. The van der Waals surface area contributed by atoms with Crippen molar-refractivity contribution >= 4 is 23.4 Å². The zero-order chi connectivity index (χ0) is 17.1. The maximum absolute atomic E-state index is 12.8. The fourth-order valence-electron chi connectivity index (χ4n) is 3.10. The SMILES string of the molecule is CCCn1c(SCC(=O)N2c3ccccc3CC[C@@H]2C)n[nH]c1=O. The van der Waals surface area contributed by atoms with Crippen molar-refractivity contribution in [2.24, 2.45) is 0 Å². The summed E-state index contributed by atoms with van der Waals surface area (Å²) in [6.45, 7) is 4.69. The largest absolute Gasteiger partial charge is 0.343 e. The molecular weight excluding hydrogens is 324 g/mol. The van der Waals surface area contributed by atoms with Crippen LogP contribution in [-0.4, -0.2) is 32.5 Å². The third-order valence-electron chi connectivity index (χ3n) is 4.29. The van der Waals surface area contributed by atoms with Gasteiger partial charge < -0.3 is 4.90 Å². The van der Waals surface area contributed by atoms with Crippen molar-refractivity contribution in [1.82, 2.24) is 14.8 Å². The minimum absolute atomic E-state index is 0.0538.